The molecule has 15 heteroatoms. The van der Waals surface area contributed by atoms with E-state index in [0.29, 0.717) is 13.1 Å². The number of nitrogens with one attached hydrogen (secondary N) is 4. The van der Waals surface area contributed by atoms with Crippen LogP contribution < -0.4 is 10.6 Å². The van der Waals surface area contributed by atoms with Crippen LogP contribution in [0.25, 0.3) is 33.6 Å². The van der Waals surface area contributed by atoms with Crippen LogP contribution in [-0.4, -0.2) is 93.1 Å². The number of benzene rings is 2. The molecule has 294 valence electrons. The lowest BCUT2D eigenvalue weighted by Gasteiger charge is -2.30. The molecule has 4 heterocycles. The molecule has 0 radical (unpaired) electrons. The van der Waals surface area contributed by atoms with Crippen molar-refractivity contribution in [3.8, 4) is 33.6 Å². The second kappa shape index (κ2) is 17.8. The lowest BCUT2D eigenvalue weighted by molar-refractivity contribution is -0.136. The van der Waals surface area contributed by atoms with Crippen LogP contribution in [-0.2, 0) is 19.1 Å². The fraction of sp³-hybridized carbons (Fsp3) is 0.450. The van der Waals surface area contributed by atoms with E-state index in [0.717, 1.165) is 71.0 Å². The number of hydrogen-bond acceptors (Lipinski definition) is 8. The van der Waals surface area contributed by atoms with Gasteiger partial charge in [0.15, 0.2) is 0 Å². The Labute approximate surface area is 327 Å². The maximum Gasteiger partial charge on any atom is 0.407 e. The van der Waals surface area contributed by atoms with E-state index in [9.17, 15) is 19.2 Å². The van der Waals surface area contributed by atoms with Crippen LogP contribution in [0.1, 0.15) is 77.1 Å². The number of carbonyl (C=O) groups excluding carboxylic acids is 4. The average Bonchev–Trinajstić information content (AvgIpc) is 4.02. The number of H-pyrrole nitrogens is 2. The van der Waals surface area contributed by atoms with Gasteiger partial charge in [0.05, 0.1) is 50.1 Å². The lowest BCUT2D eigenvalue weighted by Crippen LogP contribution is -2.51. The minimum absolute atomic E-state index is 0. The van der Waals surface area contributed by atoms with E-state index in [4.69, 9.17) is 9.47 Å². The second-order valence-corrected chi connectivity index (χ2v) is 14.6. The number of hydrogen-bond donors (Lipinski definition) is 4. The minimum Gasteiger partial charge on any atom is -0.453 e. The summed E-state index contributed by atoms with van der Waals surface area (Å²) < 4.78 is 9.50. The third kappa shape index (κ3) is 8.96. The van der Waals surface area contributed by atoms with Crippen molar-refractivity contribution in [3.63, 3.8) is 0 Å². The number of alkyl carbamates (subject to hydrolysis) is 2. The summed E-state index contributed by atoms with van der Waals surface area (Å²) in [6, 6.07) is 14.7. The van der Waals surface area contributed by atoms with Crippen molar-refractivity contribution in [1.29, 1.82) is 0 Å². The van der Waals surface area contributed by atoms with Crippen molar-refractivity contribution >= 4 is 36.4 Å². The second-order valence-electron chi connectivity index (χ2n) is 14.6. The third-order valence-corrected chi connectivity index (χ3v) is 10.4. The van der Waals surface area contributed by atoms with Gasteiger partial charge < -0.3 is 39.9 Å². The fourth-order valence-electron chi connectivity index (χ4n) is 7.38. The van der Waals surface area contributed by atoms with E-state index in [1.807, 2.05) is 52.0 Å². The first-order valence-electron chi connectivity index (χ1n) is 18.6. The van der Waals surface area contributed by atoms with Gasteiger partial charge in [0, 0.05) is 13.1 Å². The minimum atomic E-state index is -0.687. The summed E-state index contributed by atoms with van der Waals surface area (Å²) in [6.45, 7) is 8.78. The Morgan fingerprint density at radius 3 is 1.31 bits per heavy atom. The van der Waals surface area contributed by atoms with E-state index in [2.05, 4.69) is 54.8 Å². The third-order valence-electron chi connectivity index (χ3n) is 10.4. The Morgan fingerprint density at radius 1 is 0.636 bits per heavy atom. The number of rotatable bonds is 11. The molecule has 4 aromatic rings. The summed E-state index contributed by atoms with van der Waals surface area (Å²) in [5, 5.41) is 5.38. The van der Waals surface area contributed by atoms with Crippen LogP contribution in [0.2, 0.25) is 0 Å². The molecule has 55 heavy (non-hydrogen) atoms. The highest BCUT2D eigenvalue weighted by molar-refractivity contribution is 5.87. The molecule has 2 aromatic heterocycles. The van der Waals surface area contributed by atoms with Crippen LogP contribution in [0.3, 0.4) is 0 Å². The van der Waals surface area contributed by atoms with Crippen LogP contribution in [0, 0.1) is 11.8 Å². The van der Waals surface area contributed by atoms with E-state index in [-0.39, 0.29) is 48.1 Å². The number of carbonyl (C=O) groups is 4. The van der Waals surface area contributed by atoms with Gasteiger partial charge in [0.2, 0.25) is 11.8 Å². The first-order valence-corrected chi connectivity index (χ1v) is 18.6. The van der Waals surface area contributed by atoms with Crippen molar-refractivity contribution in [1.82, 2.24) is 40.4 Å². The molecule has 2 aliphatic heterocycles. The molecule has 2 saturated heterocycles. The molecule has 4 atom stereocenters. The van der Waals surface area contributed by atoms with Crippen molar-refractivity contribution in [3.05, 3.63) is 72.6 Å². The molecule has 0 bridgehead atoms. The molecule has 0 aliphatic carbocycles. The predicted molar refractivity (Wildman–Crippen MR) is 210 cm³/mol. The van der Waals surface area contributed by atoms with Gasteiger partial charge in [0.1, 0.15) is 23.7 Å². The van der Waals surface area contributed by atoms with Gasteiger partial charge in [-0.1, -0.05) is 76.2 Å². The van der Waals surface area contributed by atoms with Crippen molar-refractivity contribution in [2.45, 2.75) is 77.5 Å². The standard InChI is InChI=1S/C40H50N8O6.ClH/c1-23(2)33(45-39(51)53-5)37(49)47-19-7-9-31(47)35-41-21-29(43-35)27-15-11-25(12-16-27)26-13-17-28(18-14-26)30-22-42-36(44-30)32-10-8-20-48(32)38(50)34(24(3)4)46-40(52)54-6;/h11-18,21-24,31-34H,7-10,19-20H2,1-6H3,(H,41,43)(H,42,44)(H,45,51)(H,46,52);1H/t31-,32?,33?,34?;/m0./s1. The molecule has 2 aromatic carbocycles. The van der Waals surface area contributed by atoms with Crippen LogP contribution in [0.5, 0.6) is 0 Å². The summed E-state index contributed by atoms with van der Waals surface area (Å²) >= 11 is 0. The van der Waals surface area contributed by atoms with Crippen molar-refractivity contribution in [2.24, 2.45) is 11.8 Å². The summed E-state index contributed by atoms with van der Waals surface area (Å²) in [7, 11) is 2.58. The number of likely N-dealkylation sites (tertiary alicyclic amines) is 2. The molecular formula is C40H51ClN8O6. The first-order chi connectivity index (χ1) is 26.0. The molecule has 3 unspecified atom stereocenters. The fourth-order valence-corrected chi connectivity index (χ4v) is 7.38. The van der Waals surface area contributed by atoms with Crippen molar-refractivity contribution < 1.29 is 28.7 Å². The van der Waals surface area contributed by atoms with Crippen LogP contribution >= 0.6 is 12.4 Å². The average molecular weight is 775 g/mol. The Morgan fingerprint density at radius 2 is 0.982 bits per heavy atom. The molecule has 2 fully saturated rings. The smallest absolute Gasteiger partial charge is 0.407 e. The maximum atomic E-state index is 13.5. The molecule has 0 saturated carbocycles. The zero-order valence-electron chi connectivity index (χ0n) is 32.1. The molecule has 14 nitrogen and oxygen atoms in total. The Hall–Kier alpha value is -5.37. The summed E-state index contributed by atoms with van der Waals surface area (Å²) in [4.78, 5) is 70.7. The van der Waals surface area contributed by atoms with Gasteiger partial charge in [-0.3, -0.25) is 9.59 Å². The molecular weight excluding hydrogens is 724 g/mol. The number of aromatic nitrogens is 4. The summed E-state index contributed by atoms with van der Waals surface area (Å²) in [6.07, 6.45) is 5.61. The Bertz CT molecular complexity index is 1800. The first kappa shape index (κ1) is 40.8. The van der Waals surface area contributed by atoms with E-state index < -0.39 is 24.3 Å². The highest BCUT2D eigenvalue weighted by Crippen LogP contribution is 2.35. The predicted octanol–water partition coefficient (Wildman–Crippen LogP) is 6.64. The number of halogens is 1. The normalized spacial score (nSPS) is 17.8. The SMILES string of the molecule is COC(=O)NC(C(=O)N1CCCC1c1ncc(-c2ccc(-c3ccc(-c4cnc([C@@H]5CCCN5C(=O)C(NC(=O)OC)C(C)C)[nH]4)cc3)cc2)[nH]1)C(C)C.Cl. The Kier molecular flexibility index (Phi) is 13.2. The molecule has 6 rings (SSSR count). The largest absolute Gasteiger partial charge is 0.453 e. The number of ether oxygens (including phenoxy) is 2. The lowest BCUT2D eigenvalue weighted by atomic mass is 10.0. The van der Waals surface area contributed by atoms with E-state index >= 15 is 0 Å². The zero-order chi connectivity index (χ0) is 38.5. The number of aromatic amines is 2. The number of amides is 4. The topological polar surface area (TPSA) is 175 Å². The monoisotopic (exact) mass is 774 g/mol. The zero-order valence-corrected chi connectivity index (χ0v) is 32.9. The van der Waals surface area contributed by atoms with Gasteiger partial charge >= 0.3 is 12.2 Å². The molecule has 4 amide bonds. The summed E-state index contributed by atoms with van der Waals surface area (Å²) in [5.41, 5.74) is 5.78. The van der Waals surface area contributed by atoms with Gasteiger partial charge in [-0.2, -0.15) is 0 Å². The van der Waals surface area contributed by atoms with E-state index in [1.54, 1.807) is 22.2 Å². The highest BCUT2D eigenvalue weighted by atomic mass is 35.5. The van der Waals surface area contributed by atoms with Gasteiger partial charge in [-0.05, 0) is 59.8 Å². The van der Waals surface area contributed by atoms with Gasteiger partial charge in [0.25, 0.3) is 0 Å². The van der Waals surface area contributed by atoms with Gasteiger partial charge in [-0.25, -0.2) is 19.6 Å². The molecule has 4 N–H and O–H groups in total. The highest BCUT2D eigenvalue weighted by Gasteiger charge is 2.39. The van der Waals surface area contributed by atoms with Crippen LogP contribution in [0.15, 0.2) is 60.9 Å². The Balaban J connectivity index is 0.00000580. The van der Waals surface area contributed by atoms with Crippen molar-refractivity contribution in [2.75, 3.05) is 27.3 Å². The number of nitrogens with zero attached hydrogens (tertiary/aromatic N) is 4. The maximum absolute atomic E-state index is 13.5. The van der Waals surface area contributed by atoms with Gasteiger partial charge in [-0.15, -0.1) is 12.4 Å². The van der Waals surface area contributed by atoms with E-state index in [1.165, 1.54) is 14.2 Å². The number of imidazole rings is 2. The van der Waals surface area contributed by atoms with Crippen LogP contribution in [0.4, 0.5) is 9.59 Å². The summed E-state index contributed by atoms with van der Waals surface area (Å²) in [5.74, 6) is 0.955. The molecule has 2 aliphatic rings. The molecule has 0 spiro atoms. The number of methoxy groups -OCH3 is 2. The quantitative estimate of drug-likeness (QED) is 0.131.